The molecule has 0 saturated carbocycles. The molecule has 2 amide bonds. The van der Waals surface area contributed by atoms with Crippen LogP contribution in [0.4, 0.5) is 5.69 Å². The Hall–Kier alpha value is -2.47. The average Bonchev–Trinajstić information content (AvgIpc) is 2.59. The Balaban J connectivity index is 1.77. The quantitative estimate of drug-likeness (QED) is 0.709. The predicted octanol–water partition coefficient (Wildman–Crippen LogP) is 3.45. The van der Waals surface area contributed by atoms with Gasteiger partial charge in [-0.1, -0.05) is 12.1 Å². The smallest absolute Gasteiger partial charge is 0.230 e. The van der Waals surface area contributed by atoms with Crippen molar-refractivity contribution in [3.05, 3.63) is 54.1 Å². The minimum absolute atomic E-state index is 0.0381. The van der Waals surface area contributed by atoms with Gasteiger partial charge in [-0.3, -0.25) is 9.59 Å². The fourth-order valence-electron chi connectivity index (χ4n) is 2.16. The van der Waals surface area contributed by atoms with Crippen molar-refractivity contribution in [2.45, 2.75) is 25.3 Å². The minimum Gasteiger partial charge on any atom is -0.494 e. The summed E-state index contributed by atoms with van der Waals surface area (Å²) in [7, 11) is 0. The van der Waals surface area contributed by atoms with Crippen LogP contribution in [0.2, 0.25) is 0 Å². The maximum atomic E-state index is 12.0. The molecule has 0 bridgehead atoms. The molecule has 132 valence electrons. The molecule has 0 aliphatic carbocycles. The number of benzene rings is 2. The first-order valence-electron chi connectivity index (χ1n) is 8.05. The molecule has 0 heterocycles. The van der Waals surface area contributed by atoms with Crippen molar-refractivity contribution >= 4 is 29.3 Å². The lowest BCUT2D eigenvalue weighted by Crippen LogP contribution is -2.24. The van der Waals surface area contributed by atoms with E-state index in [-0.39, 0.29) is 11.8 Å². The lowest BCUT2D eigenvalue weighted by atomic mass is 10.2. The van der Waals surface area contributed by atoms with Gasteiger partial charge in [-0.15, -0.1) is 11.8 Å². The lowest BCUT2D eigenvalue weighted by Gasteiger charge is -2.08. The van der Waals surface area contributed by atoms with E-state index in [1.807, 2.05) is 55.5 Å². The molecule has 2 aromatic rings. The Labute approximate surface area is 152 Å². The summed E-state index contributed by atoms with van der Waals surface area (Å²) < 4.78 is 5.39. The Kier molecular flexibility index (Phi) is 7.35. The van der Waals surface area contributed by atoms with E-state index in [2.05, 4.69) is 10.6 Å². The van der Waals surface area contributed by atoms with Gasteiger partial charge in [0.2, 0.25) is 11.8 Å². The second-order valence-corrected chi connectivity index (χ2v) is 6.40. The minimum atomic E-state index is -0.118. The number of thioether (sulfide) groups is 1. The van der Waals surface area contributed by atoms with Crippen LogP contribution >= 0.6 is 11.8 Å². The van der Waals surface area contributed by atoms with Gasteiger partial charge in [0.1, 0.15) is 5.75 Å². The molecular formula is C19H22N2O3S. The normalized spacial score (nSPS) is 10.2. The molecule has 2 aromatic carbocycles. The highest BCUT2D eigenvalue weighted by molar-refractivity contribution is 8.00. The van der Waals surface area contributed by atoms with Gasteiger partial charge in [0.25, 0.3) is 0 Å². The van der Waals surface area contributed by atoms with Crippen molar-refractivity contribution in [3.8, 4) is 5.75 Å². The van der Waals surface area contributed by atoms with Crippen LogP contribution in [0.5, 0.6) is 5.75 Å². The summed E-state index contributed by atoms with van der Waals surface area (Å²) in [5, 5.41) is 5.61. The molecular weight excluding hydrogens is 336 g/mol. The van der Waals surface area contributed by atoms with Gasteiger partial charge in [0, 0.05) is 24.1 Å². The van der Waals surface area contributed by atoms with Crippen LogP contribution in [0, 0.1) is 0 Å². The number of rotatable bonds is 8. The van der Waals surface area contributed by atoms with Gasteiger partial charge in [-0.2, -0.15) is 0 Å². The number of ether oxygens (including phenoxy) is 1. The number of hydrogen-bond donors (Lipinski definition) is 2. The van der Waals surface area contributed by atoms with E-state index in [1.54, 1.807) is 0 Å². The number of carbonyl (C=O) groups excluding carboxylic acids is 2. The average molecular weight is 358 g/mol. The van der Waals surface area contributed by atoms with Gasteiger partial charge in [0.15, 0.2) is 0 Å². The highest BCUT2D eigenvalue weighted by Gasteiger charge is 2.04. The van der Waals surface area contributed by atoms with Crippen LogP contribution < -0.4 is 15.4 Å². The first kappa shape index (κ1) is 18.9. The highest BCUT2D eigenvalue weighted by atomic mass is 32.2. The fraction of sp³-hybridized carbons (Fsp3) is 0.263. The van der Waals surface area contributed by atoms with Crippen LogP contribution in [-0.2, 0) is 16.1 Å². The molecule has 0 atom stereocenters. The zero-order chi connectivity index (χ0) is 18.1. The van der Waals surface area contributed by atoms with Crippen molar-refractivity contribution in [1.29, 1.82) is 0 Å². The molecule has 5 nitrogen and oxygen atoms in total. The molecule has 0 aliphatic rings. The van der Waals surface area contributed by atoms with E-state index >= 15 is 0 Å². The van der Waals surface area contributed by atoms with Crippen LogP contribution in [0.3, 0.4) is 0 Å². The molecule has 2 rings (SSSR count). The third-order valence-corrected chi connectivity index (χ3v) is 4.25. The number of nitrogens with one attached hydrogen (secondary N) is 2. The summed E-state index contributed by atoms with van der Waals surface area (Å²) in [4.78, 5) is 24.1. The molecule has 6 heteroatoms. The predicted molar refractivity (Wildman–Crippen MR) is 101 cm³/mol. The second kappa shape index (κ2) is 9.74. The largest absolute Gasteiger partial charge is 0.494 e. The van der Waals surface area contributed by atoms with E-state index in [1.165, 1.54) is 18.7 Å². The van der Waals surface area contributed by atoms with E-state index < -0.39 is 0 Å². The van der Waals surface area contributed by atoms with Crippen molar-refractivity contribution in [3.63, 3.8) is 0 Å². The van der Waals surface area contributed by atoms with Crippen LogP contribution in [0.1, 0.15) is 19.4 Å². The number of hydrogen-bond acceptors (Lipinski definition) is 4. The van der Waals surface area contributed by atoms with Gasteiger partial charge in [-0.25, -0.2) is 0 Å². The number of amides is 2. The zero-order valence-electron chi connectivity index (χ0n) is 14.4. The van der Waals surface area contributed by atoms with Crippen molar-refractivity contribution in [2.24, 2.45) is 0 Å². The van der Waals surface area contributed by atoms with E-state index in [0.717, 1.165) is 21.9 Å². The maximum absolute atomic E-state index is 12.0. The second-order valence-electron chi connectivity index (χ2n) is 5.35. The van der Waals surface area contributed by atoms with Gasteiger partial charge in [0.05, 0.1) is 12.4 Å². The number of carbonyl (C=O) groups is 2. The van der Waals surface area contributed by atoms with E-state index in [0.29, 0.717) is 18.9 Å². The van der Waals surface area contributed by atoms with Crippen LogP contribution in [0.15, 0.2) is 53.4 Å². The Morgan fingerprint density at radius 3 is 2.56 bits per heavy atom. The Morgan fingerprint density at radius 1 is 1.12 bits per heavy atom. The number of anilines is 1. The highest BCUT2D eigenvalue weighted by Crippen LogP contribution is 2.21. The van der Waals surface area contributed by atoms with Crippen molar-refractivity contribution in [2.75, 3.05) is 17.7 Å². The molecule has 0 saturated heterocycles. The third-order valence-electron chi connectivity index (χ3n) is 3.24. The van der Waals surface area contributed by atoms with Crippen molar-refractivity contribution in [1.82, 2.24) is 5.32 Å². The Bertz CT molecular complexity index is 717. The molecule has 0 aromatic heterocycles. The molecule has 0 aliphatic heterocycles. The summed E-state index contributed by atoms with van der Waals surface area (Å²) in [5.41, 5.74) is 1.66. The molecule has 2 N–H and O–H groups in total. The lowest BCUT2D eigenvalue weighted by molar-refractivity contribution is -0.118. The fourth-order valence-corrected chi connectivity index (χ4v) is 2.89. The maximum Gasteiger partial charge on any atom is 0.230 e. The topological polar surface area (TPSA) is 67.4 Å². The summed E-state index contributed by atoms with van der Waals surface area (Å²) in [6.07, 6.45) is 0. The van der Waals surface area contributed by atoms with Gasteiger partial charge in [-0.05, 0) is 48.9 Å². The zero-order valence-corrected chi connectivity index (χ0v) is 15.2. The van der Waals surface area contributed by atoms with Gasteiger partial charge >= 0.3 is 0 Å². The molecule has 0 radical (unpaired) electrons. The van der Waals surface area contributed by atoms with Crippen molar-refractivity contribution < 1.29 is 14.3 Å². The van der Waals surface area contributed by atoms with E-state index in [4.69, 9.17) is 4.74 Å². The van der Waals surface area contributed by atoms with E-state index in [9.17, 15) is 9.59 Å². The SMILES string of the molecule is CCOc1ccc(SCC(=O)NCc2cccc(NC(C)=O)c2)cc1. The molecule has 0 fully saturated rings. The van der Waals surface area contributed by atoms with Crippen LogP contribution in [0.25, 0.3) is 0 Å². The van der Waals surface area contributed by atoms with Crippen LogP contribution in [-0.4, -0.2) is 24.2 Å². The monoisotopic (exact) mass is 358 g/mol. The first-order valence-corrected chi connectivity index (χ1v) is 9.04. The summed E-state index contributed by atoms with van der Waals surface area (Å²) >= 11 is 1.48. The molecule has 0 unspecified atom stereocenters. The summed E-state index contributed by atoms with van der Waals surface area (Å²) in [6.45, 7) is 4.47. The third kappa shape index (κ3) is 6.89. The summed E-state index contributed by atoms with van der Waals surface area (Å²) in [5.74, 6) is 1.02. The summed E-state index contributed by atoms with van der Waals surface area (Å²) in [6, 6.07) is 15.1. The molecule has 25 heavy (non-hydrogen) atoms. The van der Waals surface area contributed by atoms with Gasteiger partial charge < -0.3 is 15.4 Å². The first-order chi connectivity index (χ1) is 12.1. The molecule has 0 spiro atoms. The standard InChI is InChI=1S/C19H22N2O3S/c1-3-24-17-7-9-18(10-8-17)25-13-19(23)20-12-15-5-4-6-16(11-15)21-14(2)22/h4-11H,3,12-13H2,1-2H3,(H,20,23)(H,21,22). The Morgan fingerprint density at radius 2 is 1.88 bits per heavy atom.